The van der Waals surface area contributed by atoms with Gasteiger partial charge in [-0.05, 0) is 104 Å². The molecule has 0 atom stereocenters. The highest BCUT2D eigenvalue weighted by Gasteiger charge is 2.46. The van der Waals surface area contributed by atoms with Gasteiger partial charge in [0.1, 0.15) is 5.58 Å². The first kappa shape index (κ1) is 33.5. The predicted octanol–water partition coefficient (Wildman–Crippen LogP) is 14.6. The van der Waals surface area contributed by atoms with Crippen molar-refractivity contribution in [2.24, 2.45) is 0 Å². The van der Waals surface area contributed by atoms with Crippen molar-refractivity contribution < 1.29 is 4.42 Å². The van der Waals surface area contributed by atoms with Gasteiger partial charge in [-0.2, -0.15) is 4.98 Å². The summed E-state index contributed by atoms with van der Waals surface area (Å²) in [7, 11) is 0. The quantitative estimate of drug-likeness (QED) is 0.180. The van der Waals surface area contributed by atoms with Crippen molar-refractivity contribution in [3.8, 4) is 67.2 Å². The van der Waals surface area contributed by atoms with Gasteiger partial charge < -0.3 is 4.42 Å². The smallest absolute Gasteiger partial charge is 0.231 e. The van der Waals surface area contributed by atoms with Crippen molar-refractivity contribution in [3.05, 3.63) is 180 Å². The third kappa shape index (κ3) is 4.86. The predicted molar refractivity (Wildman–Crippen MR) is 238 cm³/mol. The minimum Gasteiger partial charge on any atom is -0.438 e. The van der Waals surface area contributed by atoms with Gasteiger partial charge in [0.05, 0.1) is 11.1 Å². The Morgan fingerprint density at radius 2 is 1.05 bits per heavy atom. The Morgan fingerprint density at radius 1 is 0.448 bits per heavy atom. The van der Waals surface area contributed by atoms with Crippen LogP contribution >= 0.6 is 0 Å². The zero-order chi connectivity index (χ0) is 38.6. The molecule has 0 aliphatic heterocycles. The molecule has 9 aromatic rings. The Balaban J connectivity index is 0.884. The van der Waals surface area contributed by atoms with Crippen LogP contribution in [0.5, 0.6) is 0 Å². The Labute approximate surface area is 339 Å². The third-order valence-electron chi connectivity index (χ3n) is 13.8. The molecule has 12 rings (SSSR count). The van der Waals surface area contributed by atoms with Crippen LogP contribution in [0.3, 0.4) is 0 Å². The third-order valence-corrected chi connectivity index (χ3v) is 13.8. The van der Waals surface area contributed by atoms with Gasteiger partial charge >= 0.3 is 0 Å². The zero-order valence-corrected chi connectivity index (χ0v) is 32.8. The van der Waals surface area contributed by atoms with Crippen molar-refractivity contribution in [3.63, 3.8) is 0 Å². The summed E-state index contributed by atoms with van der Waals surface area (Å²) in [5.74, 6) is 0.651. The van der Waals surface area contributed by atoms with Crippen molar-refractivity contribution >= 4 is 22.1 Å². The fourth-order valence-corrected chi connectivity index (χ4v) is 10.8. The van der Waals surface area contributed by atoms with Crippen LogP contribution in [0.25, 0.3) is 89.2 Å². The molecule has 278 valence electrons. The minimum atomic E-state index is -0.0185. The second-order valence-electron chi connectivity index (χ2n) is 17.2. The molecule has 2 heterocycles. The van der Waals surface area contributed by atoms with Gasteiger partial charge in [0.15, 0.2) is 5.82 Å². The van der Waals surface area contributed by atoms with E-state index in [1.807, 2.05) is 36.4 Å². The number of nitrogens with zero attached hydrogens (tertiary/aromatic N) is 2. The summed E-state index contributed by atoms with van der Waals surface area (Å²) >= 11 is 0. The average Bonchev–Trinajstić information content (AvgIpc) is 3.86. The number of benzene rings is 7. The molecule has 0 amide bonds. The second kappa shape index (κ2) is 12.5. The van der Waals surface area contributed by atoms with Crippen molar-refractivity contribution in [1.82, 2.24) is 9.97 Å². The molecule has 0 saturated heterocycles. The first-order chi connectivity index (χ1) is 28.5. The van der Waals surface area contributed by atoms with Crippen molar-refractivity contribution in [2.45, 2.75) is 56.8 Å². The number of aromatic nitrogens is 2. The molecule has 1 fully saturated rings. The summed E-state index contributed by atoms with van der Waals surface area (Å²) in [6.07, 6.45) is 6.39. The van der Waals surface area contributed by atoms with Crippen molar-refractivity contribution in [1.29, 1.82) is 0 Å². The molecule has 3 nitrogen and oxygen atoms in total. The summed E-state index contributed by atoms with van der Waals surface area (Å²) in [5.41, 5.74) is 21.0. The molecular formula is C55H42N2O. The molecule has 58 heavy (non-hydrogen) atoms. The lowest BCUT2D eigenvalue weighted by molar-refractivity contribution is 0.353. The number of rotatable bonds is 4. The van der Waals surface area contributed by atoms with E-state index in [0.717, 1.165) is 38.7 Å². The van der Waals surface area contributed by atoms with Crippen molar-refractivity contribution in [2.75, 3.05) is 0 Å². The average molecular weight is 747 g/mol. The SMILES string of the molecule is CC1(C)c2ccccc2-c2cc3c(cc21)-c1cc(-c2ccc(-c4ccc(-c5nc(-c6ccccc6)c6c(n5)oc5ccccc56)cc4)cc2)ccc1C31CCCCC1. The standard InChI is InChI=1S/C55H42N2O/c1-54(2)45-17-9-7-15-40(45)43-33-48-44(32-47(43)54)42-31-39(27-28-46(42)55(48)29-11-4-12-30-55)36-21-19-34(20-22-36)35-23-25-38(26-24-35)52-56-51(37-13-5-3-6-14-37)50-41-16-8-10-18-49(41)58-53(50)57-52/h3,5-10,13-28,31-33H,4,11-12,29-30H2,1-2H3. The van der Waals surface area contributed by atoms with Crippen LogP contribution in [0.4, 0.5) is 0 Å². The largest absolute Gasteiger partial charge is 0.438 e. The summed E-state index contributed by atoms with van der Waals surface area (Å²) in [4.78, 5) is 10.1. The van der Waals surface area contributed by atoms with Gasteiger partial charge in [0.25, 0.3) is 0 Å². The van der Waals surface area contributed by atoms with Crippen LogP contribution in [-0.4, -0.2) is 9.97 Å². The normalized spacial score (nSPS) is 15.7. The van der Waals surface area contributed by atoms with Crippen LogP contribution in [0.15, 0.2) is 162 Å². The number of para-hydroxylation sites is 1. The minimum absolute atomic E-state index is 0.0185. The van der Waals surface area contributed by atoms with E-state index in [4.69, 9.17) is 14.4 Å². The van der Waals surface area contributed by atoms with E-state index in [9.17, 15) is 0 Å². The molecule has 3 aliphatic carbocycles. The summed E-state index contributed by atoms with van der Waals surface area (Å²) in [6.45, 7) is 4.80. The highest BCUT2D eigenvalue weighted by atomic mass is 16.3. The number of fused-ring (bicyclic) bond motifs is 11. The lowest BCUT2D eigenvalue weighted by atomic mass is 9.67. The summed E-state index contributed by atoms with van der Waals surface area (Å²) in [6, 6.07) is 57.7. The van der Waals surface area contributed by atoms with E-state index in [0.29, 0.717) is 11.5 Å². The lowest BCUT2D eigenvalue weighted by Crippen LogP contribution is -2.28. The molecule has 0 bridgehead atoms. The first-order valence-electron chi connectivity index (χ1n) is 20.9. The van der Waals surface area contributed by atoms with E-state index in [-0.39, 0.29) is 10.8 Å². The summed E-state index contributed by atoms with van der Waals surface area (Å²) in [5, 5.41) is 1.97. The lowest BCUT2D eigenvalue weighted by Gasteiger charge is -2.36. The van der Waals surface area contributed by atoms with E-state index in [1.54, 1.807) is 5.56 Å². The second-order valence-corrected chi connectivity index (χ2v) is 17.2. The van der Waals surface area contributed by atoms with Gasteiger partial charge in [-0.1, -0.05) is 167 Å². The molecule has 3 heteroatoms. The van der Waals surface area contributed by atoms with Crippen LogP contribution < -0.4 is 0 Å². The van der Waals surface area contributed by atoms with Gasteiger partial charge in [0.2, 0.25) is 5.71 Å². The molecule has 1 saturated carbocycles. The van der Waals surface area contributed by atoms with Crippen LogP contribution in [0, 0.1) is 0 Å². The highest BCUT2D eigenvalue weighted by molar-refractivity contribution is 6.10. The number of hydrogen-bond acceptors (Lipinski definition) is 3. The van der Waals surface area contributed by atoms with Crippen LogP contribution in [0.2, 0.25) is 0 Å². The molecule has 3 aliphatic rings. The molecule has 2 aromatic heterocycles. The molecule has 7 aromatic carbocycles. The maximum Gasteiger partial charge on any atom is 0.231 e. The molecular weight excluding hydrogens is 705 g/mol. The van der Waals surface area contributed by atoms with Gasteiger partial charge in [-0.3, -0.25) is 0 Å². The van der Waals surface area contributed by atoms with E-state index in [2.05, 4.69) is 135 Å². The van der Waals surface area contributed by atoms with Gasteiger partial charge in [-0.25, -0.2) is 4.98 Å². The van der Waals surface area contributed by atoms with Crippen LogP contribution in [0.1, 0.15) is 68.2 Å². The topological polar surface area (TPSA) is 38.9 Å². The molecule has 0 N–H and O–H groups in total. The Bertz CT molecular complexity index is 3090. The zero-order valence-electron chi connectivity index (χ0n) is 32.8. The first-order valence-corrected chi connectivity index (χ1v) is 20.9. The fraction of sp³-hybridized carbons (Fsp3) is 0.164. The molecule has 0 radical (unpaired) electrons. The Morgan fingerprint density at radius 3 is 1.83 bits per heavy atom. The number of furan rings is 1. The highest BCUT2D eigenvalue weighted by Crippen LogP contribution is 2.60. The van der Waals surface area contributed by atoms with Crippen LogP contribution in [-0.2, 0) is 10.8 Å². The van der Waals surface area contributed by atoms with E-state index in [1.165, 1.54) is 87.7 Å². The van der Waals surface area contributed by atoms with E-state index < -0.39 is 0 Å². The van der Waals surface area contributed by atoms with Gasteiger partial charge in [-0.15, -0.1) is 0 Å². The van der Waals surface area contributed by atoms with Gasteiger partial charge in [0, 0.05) is 27.3 Å². The molecule has 0 unspecified atom stereocenters. The van der Waals surface area contributed by atoms with E-state index >= 15 is 0 Å². The Hall–Kier alpha value is -6.58. The summed E-state index contributed by atoms with van der Waals surface area (Å²) < 4.78 is 6.28. The molecule has 1 spiro atoms. The Kier molecular flexibility index (Phi) is 7.21. The number of hydrogen-bond donors (Lipinski definition) is 0. The fourth-order valence-electron chi connectivity index (χ4n) is 10.8. The maximum absolute atomic E-state index is 6.28. The monoisotopic (exact) mass is 746 g/mol. The maximum atomic E-state index is 6.28.